The van der Waals surface area contributed by atoms with Crippen molar-refractivity contribution in [3.8, 4) is 0 Å². The smallest absolute Gasteiger partial charge is 0.0822 e. The normalized spacial score (nSPS) is 12.1. The van der Waals surface area contributed by atoms with E-state index < -0.39 is 0 Å². The Labute approximate surface area is 242 Å². The van der Waals surface area contributed by atoms with Gasteiger partial charge in [-0.15, -0.1) is 0 Å². The minimum atomic E-state index is 0.0999. The third-order valence-corrected chi connectivity index (χ3v) is 8.03. The predicted molar refractivity (Wildman–Crippen MR) is 168 cm³/mol. The SMILES string of the molecule is [O]CCCCCCCCCCCC(Cc1ccccc1)OCCCCCCCCCCCCc1ccccc1. The van der Waals surface area contributed by atoms with E-state index in [0.29, 0.717) is 6.10 Å². The van der Waals surface area contributed by atoms with Gasteiger partial charge in [-0.05, 0) is 49.7 Å². The third kappa shape index (κ3) is 20.0. The van der Waals surface area contributed by atoms with Gasteiger partial charge in [0.1, 0.15) is 0 Å². The Morgan fingerprint density at radius 2 is 0.897 bits per heavy atom. The number of ether oxygens (including phenoxy) is 1. The molecule has 2 heteroatoms. The van der Waals surface area contributed by atoms with E-state index >= 15 is 0 Å². The predicted octanol–water partition coefficient (Wildman–Crippen LogP) is 11.1. The van der Waals surface area contributed by atoms with Crippen LogP contribution in [0.2, 0.25) is 0 Å². The second kappa shape index (κ2) is 25.3. The maximum atomic E-state index is 10.5. The summed E-state index contributed by atoms with van der Waals surface area (Å²) in [6.45, 7) is 1.02. The number of benzene rings is 2. The van der Waals surface area contributed by atoms with Crippen LogP contribution in [0.1, 0.15) is 140 Å². The fourth-order valence-electron chi connectivity index (χ4n) is 5.57. The van der Waals surface area contributed by atoms with Gasteiger partial charge in [-0.1, -0.05) is 163 Å². The molecule has 0 fully saturated rings. The van der Waals surface area contributed by atoms with E-state index in [1.165, 1.54) is 133 Å². The standard InChI is InChI=1S/C37H59O2/c38-32-24-14-10-6-3-5-9-13-23-31-37(34-36-29-21-17-22-30-36)39-33-25-15-11-7-2-1-4-8-12-18-26-35-27-19-16-20-28-35/h16-17,19-22,27-30,37H,1-15,18,23-26,31-34H2. The molecule has 0 N–H and O–H groups in total. The van der Waals surface area contributed by atoms with E-state index in [1.54, 1.807) is 0 Å². The highest BCUT2D eigenvalue weighted by atomic mass is 16.5. The second-order valence-electron chi connectivity index (χ2n) is 11.6. The van der Waals surface area contributed by atoms with Crippen molar-refractivity contribution in [1.82, 2.24) is 0 Å². The number of rotatable bonds is 27. The Hall–Kier alpha value is -1.64. The Bertz CT molecular complexity index is 745. The van der Waals surface area contributed by atoms with E-state index in [2.05, 4.69) is 60.7 Å². The van der Waals surface area contributed by atoms with Gasteiger partial charge in [-0.25, -0.2) is 5.11 Å². The van der Waals surface area contributed by atoms with Crippen molar-refractivity contribution in [2.45, 2.75) is 147 Å². The molecule has 0 saturated carbocycles. The number of hydrogen-bond acceptors (Lipinski definition) is 1. The molecule has 0 heterocycles. The van der Waals surface area contributed by atoms with Gasteiger partial charge < -0.3 is 4.74 Å². The van der Waals surface area contributed by atoms with Gasteiger partial charge in [0, 0.05) is 6.61 Å². The van der Waals surface area contributed by atoms with Crippen molar-refractivity contribution >= 4 is 0 Å². The average molecular weight is 536 g/mol. The van der Waals surface area contributed by atoms with Gasteiger partial charge in [0.05, 0.1) is 12.7 Å². The maximum absolute atomic E-state index is 10.5. The molecule has 219 valence electrons. The van der Waals surface area contributed by atoms with E-state index in [4.69, 9.17) is 4.74 Å². The molecular weight excluding hydrogens is 476 g/mol. The molecule has 2 aromatic carbocycles. The summed E-state index contributed by atoms with van der Waals surface area (Å²) >= 11 is 0. The summed E-state index contributed by atoms with van der Waals surface area (Å²) in [7, 11) is 0. The summed E-state index contributed by atoms with van der Waals surface area (Å²) in [5, 5.41) is 10.5. The van der Waals surface area contributed by atoms with Crippen LogP contribution in [0.25, 0.3) is 0 Å². The Morgan fingerprint density at radius 1 is 0.462 bits per heavy atom. The van der Waals surface area contributed by atoms with E-state index in [0.717, 1.165) is 25.9 Å². The second-order valence-corrected chi connectivity index (χ2v) is 11.6. The Kier molecular flexibility index (Phi) is 21.8. The van der Waals surface area contributed by atoms with Gasteiger partial charge >= 0.3 is 0 Å². The maximum Gasteiger partial charge on any atom is 0.0822 e. The van der Waals surface area contributed by atoms with Crippen molar-refractivity contribution < 1.29 is 9.84 Å². The lowest BCUT2D eigenvalue weighted by Gasteiger charge is -2.18. The molecule has 2 aromatic rings. The van der Waals surface area contributed by atoms with Gasteiger partial charge in [-0.3, -0.25) is 0 Å². The van der Waals surface area contributed by atoms with E-state index in [1.807, 2.05) is 0 Å². The van der Waals surface area contributed by atoms with Gasteiger partial charge in [0.25, 0.3) is 0 Å². The van der Waals surface area contributed by atoms with Crippen LogP contribution < -0.4 is 0 Å². The topological polar surface area (TPSA) is 29.1 Å². The first-order valence-corrected chi connectivity index (χ1v) is 16.7. The summed E-state index contributed by atoms with van der Waals surface area (Å²) in [6, 6.07) is 21.8. The number of hydrogen-bond donors (Lipinski definition) is 0. The van der Waals surface area contributed by atoms with Crippen LogP contribution in [0.15, 0.2) is 60.7 Å². The van der Waals surface area contributed by atoms with Crippen LogP contribution in [0.3, 0.4) is 0 Å². The molecule has 0 aliphatic rings. The van der Waals surface area contributed by atoms with Gasteiger partial charge in [-0.2, -0.15) is 0 Å². The molecule has 0 bridgehead atoms. The van der Waals surface area contributed by atoms with Crippen LogP contribution >= 0.6 is 0 Å². The zero-order chi connectivity index (χ0) is 27.5. The Morgan fingerprint density at radius 3 is 1.44 bits per heavy atom. The fraction of sp³-hybridized carbons (Fsp3) is 0.676. The molecule has 1 radical (unpaired) electrons. The monoisotopic (exact) mass is 535 g/mol. The van der Waals surface area contributed by atoms with Crippen LogP contribution in [0.5, 0.6) is 0 Å². The Balaban J connectivity index is 1.44. The minimum Gasteiger partial charge on any atom is -0.378 e. The van der Waals surface area contributed by atoms with Crippen molar-refractivity contribution in [2.75, 3.05) is 13.2 Å². The lowest BCUT2D eigenvalue weighted by Crippen LogP contribution is -2.17. The molecule has 0 aromatic heterocycles. The highest BCUT2D eigenvalue weighted by Crippen LogP contribution is 2.17. The fourth-order valence-corrected chi connectivity index (χ4v) is 5.57. The minimum absolute atomic E-state index is 0.0999. The summed E-state index contributed by atoms with van der Waals surface area (Å²) in [4.78, 5) is 0. The third-order valence-electron chi connectivity index (χ3n) is 8.03. The summed E-state index contributed by atoms with van der Waals surface area (Å²) in [6.07, 6.45) is 28.5. The number of aryl methyl sites for hydroxylation is 1. The van der Waals surface area contributed by atoms with Gasteiger partial charge in [0.2, 0.25) is 0 Å². The highest BCUT2D eigenvalue weighted by molar-refractivity contribution is 5.15. The van der Waals surface area contributed by atoms with Crippen LogP contribution in [0, 0.1) is 0 Å². The summed E-state index contributed by atoms with van der Waals surface area (Å²) in [5.41, 5.74) is 2.89. The first-order valence-electron chi connectivity index (χ1n) is 16.7. The van der Waals surface area contributed by atoms with E-state index in [9.17, 15) is 5.11 Å². The molecule has 0 aliphatic heterocycles. The average Bonchev–Trinajstić information content (AvgIpc) is 2.97. The zero-order valence-electron chi connectivity index (χ0n) is 25.1. The highest BCUT2D eigenvalue weighted by Gasteiger charge is 2.10. The molecule has 0 amide bonds. The zero-order valence-corrected chi connectivity index (χ0v) is 25.1. The lowest BCUT2D eigenvalue weighted by atomic mass is 10.0. The lowest BCUT2D eigenvalue weighted by molar-refractivity contribution is 0.0433. The van der Waals surface area contributed by atoms with E-state index in [-0.39, 0.29) is 6.61 Å². The molecular formula is C37H59O2. The van der Waals surface area contributed by atoms with Crippen molar-refractivity contribution in [1.29, 1.82) is 0 Å². The first kappa shape index (κ1) is 33.6. The summed E-state index contributed by atoms with van der Waals surface area (Å²) in [5.74, 6) is 0. The molecule has 2 rings (SSSR count). The molecule has 0 aliphatic carbocycles. The molecule has 0 spiro atoms. The quantitative estimate of drug-likeness (QED) is 0.105. The van der Waals surface area contributed by atoms with Crippen LogP contribution in [0.4, 0.5) is 0 Å². The molecule has 39 heavy (non-hydrogen) atoms. The molecule has 0 saturated heterocycles. The molecule has 2 nitrogen and oxygen atoms in total. The molecule has 1 unspecified atom stereocenters. The van der Waals surface area contributed by atoms with Crippen molar-refractivity contribution in [2.24, 2.45) is 0 Å². The summed E-state index contributed by atoms with van der Waals surface area (Å²) < 4.78 is 6.42. The molecule has 1 atom stereocenters. The van der Waals surface area contributed by atoms with Gasteiger partial charge in [0.15, 0.2) is 0 Å². The van der Waals surface area contributed by atoms with Crippen LogP contribution in [-0.2, 0) is 22.7 Å². The number of unbranched alkanes of at least 4 members (excludes halogenated alkanes) is 17. The van der Waals surface area contributed by atoms with Crippen LogP contribution in [-0.4, -0.2) is 19.3 Å². The van der Waals surface area contributed by atoms with Crippen molar-refractivity contribution in [3.63, 3.8) is 0 Å². The first-order chi connectivity index (χ1) is 19.4. The largest absolute Gasteiger partial charge is 0.378 e. The van der Waals surface area contributed by atoms with Crippen molar-refractivity contribution in [3.05, 3.63) is 71.8 Å².